The highest BCUT2D eigenvalue weighted by Crippen LogP contribution is 2.17. The van der Waals surface area contributed by atoms with E-state index in [1.165, 1.54) is 5.56 Å². The van der Waals surface area contributed by atoms with Crippen molar-refractivity contribution < 1.29 is 0 Å². The van der Waals surface area contributed by atoms with Crippen molar-refractivity contribution in [3.63, 3.8) is 0 Å². The number of rotatable bonds is 6. The van der Waals surface area contributed by atoms with Gasteiger partial charge in [0, 0.05) is 12.1 Å². The minimum Gasteiger partial charge on any atom is -0.313 e. The monoisotopic (exact) mass is 223 g/mol. The molecule has 0 aliphatic heterocycles. The minimum absolute atomic E-state index is 0.610. The molecule has 0 saturated heterocycles. The lowest BCUT2D eigenvalue weighted by Gasteiger charge is -2.11. The summed E-state index contributed by atoms with van der Waals surface area (Å²) in [6.45, 7) is 4.14. The van der Waals surface area contributed by atoms with Crippen LogP contribution in [-0.4, -0.2) is 13.1 Å². The second-order valence-electron chi connectivity index (χ2n) is 3.67. The molecule has 1 N–H and O–H groups in total. The van der Waals surface area contributed by atoms with E-state index in [1.54, 1.807) is 5.54 Å². The van der Waals surface area contributed by atoms with Gasteiger partial charge in [-0.3, -0.25) is 0 Å². The predicted molar refractivity (Wildman–Crippen MR) is 67.3 cm³/mol. The van der Waals surface area contributed by atoms with Crippen molar-refractivity contribution in [1.82, 2.24) is 5.32 Å². The van der Waals surface area contributed by atoms with Crippen LogP contribution in [0.2, 0.25) is 0 Å². The van der Waals surface area contributed by atoms with Gasteiger partial charge in [0.05, 0.1) is 0 Å². The summed E-state index contributed by atoms with van der Waals surface area (Å²) < 4.78 is 0. The highest BCUT2D eigenvalue weighted by Gasteiger charge is 2.02. The smallest absolute Gasteiger partial charge is 0.0146 e. The Morgan fingerprint density at radius 3 is 2.73 bits per heavy atom. The van der Waals surface area contributed by atoms with Crippen LogP contribution in [0.25, 0.3) is 0 Å². The van der Waals surface area contributed by atoms with Crippen LogP contribution in [0, 0.1) is 0 Å². The fourth-order valence-electron chi connectivity index (χ4n) is 1.50. The molecule has 1 atom stereocenters. The second-order valence-corrected chi connectivity index (χ2v) is 3.92. The van der Waals surface area contributed by atoms with Gasteiger partial charge in [-0.25, -0.2) is 0 Å². The molecule has 0 amide bonds. The average molecular weight is 224 g/mol. The third kappa shape index (κ3) is 5.01. The summed E-state index contributed by atoms with van der Waals surface area (Å²) in [5.74, 6) is 0.610. The van der Waals surface area contributed by atoms with Gasteiger partial charge < -0.3 is 5.32 Å². The SMILES string of the molecule is CC(CCNC/C=C/Cl)c1ccccc1. The first-order valence-corrected chi connectivity index (χ1v) is 5.79. The summed E-state index contributed by atoms with van der Waals surface area (Å²) in [5.41, 5.74) is 2.96. The molecule has 2 heteroatoms. The first-order valence-electron chi connectivity index (χ1n) is 5.35. The molecule has 0 aliphatic rings. The first-order chi connectivity index (χ1) is 7.34. The largest absolute Gasteiger partial charge is 0.313 e. The van der Waals surface area contributed by atoms with Crippen LogP contribution in [0.1, 0.15) is 24.8 Å². The van der Waals surface area contributed by atoms with Gasteiger partial charge in [0.15, 0.2) is 0 Å². The Bertz CT molecular complexity index is 282. The van der Waals surface area contributed by atoms with Gasteiger partial charge >= 0.3 is 0 Å². The Morgan fingerprint density at radius 2 is 2.07 bits per heavy atom. The summed E-state index contributed by atoms with van der Waals surface area (Å²) in [7, 11) is 0. The maximum atomic E-state index is 5.42. The van der Waals surface area contributed by atoms with Gasteiger partial charge in [0.2, 0.25) is 0 Å². The molecular formula is C13H18ClN. The summed E-state index contributed by atoms with van der Waals surface area (Å²) in [4.78, 5) is 0. The van der Waals surface area contributed by atoms with Crippen LogP contribution in [0.4, 0.5) is 0 Å². The van der Waals surface area contributed by atoms with Gasteiger partial charge in [-0.1, -0.05) is 54.9 Å². The Labute approximate surface area is 97.1 Å². The Balaban J connectivity index is 2.22. The van der Waals surface area contributed by atoms with Crippen molar-refractivity contribution >= 4 is 11.6 Å². The molecule has 1 aromatic carbocycles. The van der Waals surface area contributed by atoms with Gasteiger partial charge in [-0.15, -0.1) is 0 Å². The second kappa shape index (κ2) is 7.49. The molecule has 1 unspecified atom stereocenters. The summed E-state index contributed by atoms with van der Waals surface area (Å²) in [6, 6.07) is 10.6. The van der Waals surface area contributed by atoms with Crippen LogP contribution in [0.3, 0.4) is 0 Å². The number of hydrogen-bond acceptors (Lipinski definition) is 1. The molecule has 0 aromatic heterocycles. The standard InChI is InChI=1S/C13H18ClN/c1-12(8-11-15-10-5-9-14)13-6-3-2-4-7-13/h2-7,9,12,15H,8,10-11H2,1H3/b9-5+. The summed E-state index contributed by atoms with van der Waals surface area (Å²) >= 11 is 5.42. The molecule has 0 aliphatic carbocycles. The molecule has 15 heavy (non-hydrogen) atoms. The van der Waals surface area contributed by atoms with E-state index in [9.17, 15) is 0 Å². The van der Waals surface area contributed by atoms with Gasteiger partial charge in [0.25, 0.3) is 0 Å². The number of halogens is 1. The molecule has 1 nitrogen and oxygen atoms in total. The van der Waals surface area contributed by atoms with Crippen LogP contribution >= 0.6 is 11.6 Å². The third-order valence-electron chi connectivity index (χ3n) is 2.47. The first kappa shape index (κ1) is 12.3. The van der Waals surface area contributed by atoms with E-state index in [2.05, 4.69) is 42.6 Å². The van der Waals surface area contributed by atoms with E-state index in [0.29, 0.717) is 5.92 Å². The van der Waals surface area contributed by atoms with Crippen molar-refractivity contribution in [3.8, 4) is 0 Å². The van der Waals surface area contributed by atoms with Crippen LogP contribution in [-0.2, 0) is 0 Å². The highest BCUT2D eigenvalue weighted by molar-refractivity contribution is 6.25. The van der Waals surface area contributed by atoms with E-state index in [1.807, 2.05) is 6.08 Å². The zero-order valence-electron chi connectivity index (χ0n) is 9.12. The molecule has 0 heterocycles. The van der Waals surface area contributed by atoms with E-state index in [4.69, 9.17) is 11.6 Å². The van der Waals surface area contributed by atoms with Gasteiger partial charge in [-0.2, -0.15) is 0 Å². The van der Waals surface area contributed by atoms with Gasteiger partial charge in [0.1, 0.15) is 0 Å². The summed E-state index contributed by atoms with van der Waals surface area (Å²) in [5, 5.41) is 3.32. The fraction of sp³-hybridized carbons (Fsp3) is 0.385. The molecular weight excluding hydrogens is 206 g/mol. The molecule has 0 saturated carbocycles. The quantitative estimate of drug-likeness (QED) is 0.728. The Kier molecular flexibility index (Phi) is 6.14. The van der Waals surface area contributed by atoms with E-state index in [0.717, 1.165) is 19.5 Å². The molecule has 1 rings (SSSR count). The zero-order chi connectivity index (χ0) is 10.9. The molecule has 0 radical (unpaired) electrons. The number of nitrogens with one attached hydrogen (secondary N) is 1. The maximum absolute atomic E-state index is 5.42. The lowest BCUT2D eigenvalue weighted by Crippen LogP contribution is -2.16. The van der Waals surface area contributed by atoms with Crippen molar-refractivity contribution in [2.45, 2.75) is 19.3 Å². The topological polar surface area (TPSA) is 12.0 Å². The molecule has 0 bridgehead atoms. The van der Waals surface area contributed by atoms with Crippen molar-refractivity contribution in [2.75, 3.05) is 13.1 Å². The molecule has 82 valence electrons. The van der Waals surface area contributed by atoms with E-state index < -0.39 is 0 Å². The minimum atomic E-state index is 0.610. The summed E-state index contributed by atoms with van der Waals surface area (Å²) in [6.07, 6.45) is 3.06. The fourth-order valence-corrected chi connectivity index (χ4v) is 1.59. The Hall–Kier alpha value is -0.790. The highest BCUT2D eigenvalue weighted by atomic mass is 35.5. The van der Waals surface area contributed by atoms with Crippen molar-refractivity contribution in [2.24, 2.45) is 0 Å². The van der Waals surface area contributed by atoms with Crippen LogP contribution in [0.5, 0.6) is 0 Å². The number of benzene rings is 1. The van der Waals surface area contributed by atoms with Crippen LogP contribution in [0.15, 0.2) is 41.9 Å². The molecule has 1 aromatic rings. The average Bonchev–Trinajstić information content (AvgIpc) is 2.30. The van der Waals surface area contributed by atoms with Crippen molar-refractivity contribution in [3.05, 3.63) is 47.5 Å². The normalized spacial score (nSPS) is 13.2. The zero-order valence-corrected chi connectivity index (χ0v) is 9.87. The lowest BCUT2D eigenvalue weighted by atomic mass is 9.98. The Morgan fingerprint density at radius 1 is 1.33 bits per heavy atom. The van der Waals surface area contributed by atoms with Crippen LogP contribution < -0.4 is 5.32 Å². The van der Waals surface area contributed by atoms with E-state index in [-0.39, 0.29) is 0 Å². The molecule has 0 spiro atoms. The predicted octanol–water partition coefficient (Wildman–Crippen LogP) is 3.52. The lowest BCUT2D eigenvalue weighted by molar-refractivity contribution is 0.619. The van der Waals surface area contributed by atoms with E-state index >= 15 is 0 Å². The van der Waals surface area contributed by atoms with Gasteiger partial charge in [-0.05, 0) is 24.4 Å². The maximum Gasteiger partial charge on any atom is 0.0146 e. The number of hydrogen-bond donors (Lipinski definition) is 1. The van der Waals surface area contributed by atoms with Crippen molar-refractivity contribution in [1.29, 1.82) is 0 Å². The third-order valence-corrected chi connectivity index (χ3v) is 2.65. The molecule has 0 fully saturated rings.